The third-order valence-corrected chi connectivity index (χ3v) is 3.81. The number of thioether (sulfide) groups is 1. The minimum absolute atomic E-state index is 0.123. The molecule has 0 aromatic carbocycles. The fourth-order valence-electron chi connectivity index (χ4n) is 1.22. The number of hydrogen-bond acceptors (Lipinski definition) is 6. The normalized spacial score (nSPS) is 13.1. The lowest BCUT2D eigenvalue weighted by atomic mass is 10.4. The summed E-state index contributed by atoms with van der Waals surface area (Å²) in [6, 6.07) is 1.69. The van der Waals surface area contributed by atoms with Crippen molar-refractivity contribution in [2.45, 2.75) is 18.7 Å². The van der Waals surface area contributed by atoms with Crippen LogP contribution in [0.2, 0.25) is 0 Å². The fraction of sp³-hybridized carbons (Fsp3) is 0.444. The molecule has 5 nitrogen and oxygen atoms in total. The third kappa shape index (κ3) is 2.60. The van der Waals surface area contributed by atoms with Gasteiger partial charge in [0.25, 0.3) is 5.56 Å². The number of fused-ring (bicyclic) bond motifs is 1. The van der Waals surface area contributed by atoms with Crippen molar-refractivity contribution in [1.82, 2.24) is 14.6 Å². The Labute approximate surface area is 101 Å². The Hall–Kier alpha value is -0.920. The zero-order chi connectivity index (χ0) is 11.5. The van der Waals surface area contributed by atoms with E-state index in [0.717, 1.165) is 11.4 Å². The molecule has 0 spiro atoms. The number of rotatable bonds is 4. The predicted molar refractivity (Wildman–Crippen MR) is 66.9 cm³/mol. The zero-order valence-electron chi connectivity index (χ0n) is 8.79. The van der Waals surface area contributed by atoms with Gasteiger partial charge in [0.1, 0.15) is 5.51 Å². The molecule has 86 valence electrons. The monoisotopic (exact) mass is 256 g/mol. The van der Waals surface area contributed by atoms with Crippen molar-refractivity contribution in [2.24, 2.45) is 5.73 Å². The summed E-state index contributed by atoms with van der Waals surface area (Å²) in [4.78, 5) is 16.6. The van der Waals surface area contributed by atoms with E-state index in [1.165, 1.54) is 21.9 Å². The van der Waals surface area contributed by atoms with E-state index >= 15 is 0 Å². The Kier molecular flexibility index (Phi) is 3.57. The number of hydrogen-bond donors (Lipinski definition) is 1. The molecule has 0 fully saturated rings. The molecule has 2 heterocycles. The topological polar surface area (TPSA) is 73.3 Å². The van der Waals surface area contributed by atoms with Crippen molar-refractivity contribution < 1.29 is 0 Å². The predicted octanol–water partition coefficient (Wildman–Crippen LogP) is 0.731. The van der Waals surface area contributed by atoms with Crippen LogP contribution in [0.3, 0.4) is 0 Å². The largest absolute Gasteiger partial charge is 0.327 e. The summed E-state index contributed by atoms with van der Waals surface area (Å²) in [7, 11) is 0. The van der Waals surface area contributed by atoms with Crippen LogP contribution in [-0.2, 0) is 5.75 Å². The van der Waals surface area contributed by atoms with Gasteiger partial charge in [-0.25, -0.2) is 4.98 Å². The molecule has 7 heteroatoms. The van der Waals surface area contributed by atoms with Gasteiger partial charge in [-0.15, -0.1) is 0 Å². The average Bonchev–Trinajstić information content (AvgIpc) is 2.65. The van der Waals surface area contributed by atoms with Gasteiger partial charge in [-0.05, 0) is 6.92 Å². The van der Waals surface area contributed by atoms with Gasteiger partial charge in [-0.1, -0.05) is 11.3 Å². The van der Waals surface area contributed by atoms with E-state index < -0.39 is 0 Å². The molecule has 16 heavy (non-hydrogen) atoms. The van der Waals surface area contributed by atoms with Crippen molar-refractivity contribution in [2.75, 3.05) is 5.75 Å². The summed E-state index contributed by atoms with van der Waals surface area (Å²) in [6.45, 7) is 1.96. The Morgan fingerprint density at radius 2 is 2.50 bits per heavy atom. The first-order valence-corrected chi connectivity index (χ1v) is 6.86. The van der Waals surface area contributed by atoms with E-state index in [1.54, 1.807) is 17.3 Å². The van der Waals surface area contributed by atoms with Crippen LogP contribution in [0, 0.1) is 0 Å². The second-order valence-electron chi connectivity index (χ2n) is 3.51. The van der Waals surface area contributed by atoms with Crippen LogP contribution in [0.25, 0.3) is 4.96 Å². The van der Waals surface area contributed by atoms with E-state index in [0.29, 0.717) is 10.7 Å². The lowest BCUT2D eigenvalue weighted by molar-refractivity contribution is 0.846. The molecule has 2 rings (SSSR count). The highest BCUT2D eigenvalue weighted by Crippen LogP contribution is 2.11. The average molecular weight is 256 g/mol. The standard InChI is InChI=1S/C9H12N4OS2/c1-6(10)3-15-4-7-2-8(14)13-9(12-7)16-5-11-13/h2,5-6H,3-4,10H2,1H3. The molecule has 2 N–H and O–H groups in total. The lowest BCUT2D eigenvalue weighted by Crippen LogP contribution is -2.18. The maximum Gasteiger partial charge on any atom is 0.275 e. The van der Waals surface area contributed by atoms with Crippen LogP contribution in [-0.4, -0.2) is 26.4 Å². The third-order valence-electron chi connectivity index (χ3n) is 1.87. The molecule has 0 bridgehead atoms. The quantitative estimate of drug-likeness (QED) is 0.873. The second-order valence-corrected chi connectivity index (χ2v) is 5.35. The van der Waals surface area contributed by atoms with E-state index in [9.17, 15) is 4.79 Å². The molecule has 1 atom stereocenters. The highest BCUT2D eigenvalue weighted by Gasteiger charge is 2.04. The first-order valence-electron chi connectivity index (χ1n) is 4.82. The minimum Gasteiger partial charge on any atom is -0.327 e. The van der Waals surface area contributed by atoms with Crippen LogP contribution >= 0.6 is 23.1 Å². The molecule has 0 aliphatic rings. The molecule has 0 amide bonds. The summed E-state index contributed by atoms with van der Waals surface area (Å²) in [5, 5.41) is 3.90. The first-order chi connectivity index (χ1) is 7.66. The van der Waals surface area contributed by atoms with Gasteiger partial charge >= 0.3 is 0 Å². The van der Waals surface area contributed by atoms with Crippen LogP contribution in [0.5, 0.6) is 0 Å². The fourth-order valence-corrected chi connectivity index (χ4v) is 2.71. The summed E-state index contributed by atoms with van der Waals surface area (Å²) in [5.41, 5.74) is 7.93. The Bertz CT molecular complexity index is 534. The van der Waals surface area contributed by atoms with Gasteiger partial charge in [-0.2, -0.15) is 21.4 Å². The number of aromatic nitrogens is 3. The van der Waals surface area contributed by atoms with Gasteiger partial charge < -0.3 is 5.73 Å². The second kappa shape index (κ2) is 4.94. The first kappa shape index (κ1) is 11.6. The molecule has 0 aliphatic carbocycles. The van der Waals surface area contributed by atoms with Crippen molar-refractivity contribution in [3.63, 3.8) is 0 Å². The van der Waals surface area contributed by atoms with E-state index in [2.05, 4.69) is 10.1 Å². The highest BCUT2D eigenvalue weighted by atomic mass is 32.2. The molecule has 1 unspecified atom stereocenters. The molecule has 0 saturated carbocycles. The smallest absolute Gasteiger partial charge is 0.275 e. The summed E-state index contributed by atoms with van der Waals surface area (Å²) in [6.07, 6.45) is 0. The van der Waals surface area contributed by atoms with Gasteiger partial charge in [0.05, 0.1) is 5.69 Å². The molecular formula is C9H12N4OS2. The molecule has 2 aromatic heterocycles. The Balaban J connectivity index is 2.16. The summed E-state index contributed by atoms with van der Waals surface area (Å²) < 4.78 is 1.31. The highest BCUT2D eigenvalue weighted by molar-refractivity contribution is 7.98. The SMILES string of the molecule is CC(N)CSCc1cc(=O)n2ncsc2n1. The summed E-state index contributed by atoms with van der Waals surface area (Å²) >= 11 is 3.05. The van der Waals surface area contributed by atoms with Crippen molar-refractivity contribution in [1.29, 1.82) is 0 Å². The lowest BCUT2D eigenvalue weighted by Gasteiger charge is -2.03. The van der Waals surface area contributed by atoms with E-state index in [-0.39, 0.29) is 11.6 Å². The molecule has 0 aliphatic heterocycles. The number of nitrogens with two attached hydrogens (primary N) is 1. The maximum absolute atomic E-state index is 11.6. The van der Waals surface area contributed by atoms with Gasteiger partial charge in [-0.3, -0.25) is 4.79 Å². The van der Waals surface area contributed by atoms with Crippen molar-refractivity contribution >= 4 is 28.1 Å². The zero-order valence-corrected chi connectivity index (χ0v) is 10.4. The van der Waals surface area contributed by atoms with Gasteiger partial charge in [0.15, 0.2) is 0 Å². The van der Waals surface area contributed by atoms with Gasteiger partial charge in [0.2, 0.25) is 4.96 Å². The molecular weight excluding hydrogens is 244 g/mol. The van der Waals surface area contributed by atoms with Crippen molar-refractivity contribution in [3.05, 3.63) is 27.6 Å². The van der Waals surface area contributed by atoms with E-state index in [1.807, 2.05) is 6.92 Å². The van der Waals surface area contributed by atoms with Crippen LogP contribution in [0.15, 0.2) is 16.4 Å². The van der Waals surface area contributed by atoms with E-state index in [4.69, 9.17) is 5.73 Å². The molecule has 0 radical (unpaired) electrons. The minimum atomic E-state index is -0.123. The van der Waals surface area contributed by atoms with Crippen molar-refractivity contribution in [3.8, 4) is 0 Å². The molecule has 2 aromatic rings. The number of nitrogens with zero attached hydrogens (tertiary/aromatic N) is 3. The van der Waals surface area contributed by atoms with Crippen LogP contribution < -0.4 is 11.3 Å². The Morgan fingerprint density at radius 1 is 1.69 bits per heavy atom. The molecule has 0 saturated heterocycles. The Morgan fingerprint density at radius 3 is 3.25 bits per heavy atom. The van der Waals surface area contributed by atoms with Gasteiger partial charge in [0, 0.05) is 23.6 Å². The maximum atomic E-state index is 11.6. The van der Waals surface area contributed by atoms with Crippen LogP contribution in [0.4, 0.5) is 0 Å². The summed E-state index contributed by atoms with van der Waals surface area (Å²) in [5.74, 6) is 1.58. The van der Waals surface area contributed by atoms with Crippen LogP contribution in [0.1, 0.15) is 12.6 Å².